The third-order valence-corrected chi connectivity index (χ3v) is 4.66. The van der Waals surface area contributed by atoms with Gasteiger partial charge in [-0.15, -0.1) is 0 Å². The molecule has 0 radical (unpaired) electrons. The smallest absolute Gasteiger partial charge is 0.223 e. The Bertz CT molecular complexity index is 437. The molecular weight excluding hydrogens is 236 g/mol. The van der Waals surface area contributed by atoms with Gasteiger partial charge in [0.15, 0.2) is 0 Å². The van der Waals surface area contributed by atoms with Crippen molar-refractivity contribution in [2.45, 2.75) is 25.7 Å². The van der Waals surface area contributed by atoms with Crippen LogP contribution in [0.15, 0.2) is 30.3 Å². The summed E-state index contributed by atoms with van der Waals surface area (Å²) in [6.07, 6.45) is 4.37. The Morgan fingerprint density at radius 1 is 1.26 bits per heavy atom. The van der Waals surface area contributed by atoms with E-state index in [0.29, 0.717) is 5.41 Å². The summed E-state index contributed by atoms with van der Waals surface area (Å²) in [5.41, 5.74) is 1.64. The van der Waals surface area contributed by atoms with Gasteiger partial charge in [-0.2, -0.15) is 0 Å². The van der Waals surface area contributed by atoms with Crippen molar-refractivity contribution >= 4 is 5.91 Å². The molecule has 2 fully saturated rings. The number of benzene rings is 1. The molecule has 1 aliphatic carbocycles. The maximum absolute atomic E-state index is 12.1. The van der Waals surface area contributed by atoms with Crippen LogP contribution < -0.4 is 10.6 Å². The minimum Gasteiger partial charge on any atom is -0.356 e. The first-order valence-corrected chi connectivity index (χ1v) is 7.33. The van der Waals surface area contributed by atoms with E-state index < -0.39 is 0 Å². The molecule has 1 amide bonds. The topological polar surface area (TPSA) is 41.1 Å². The van der Waals surface area contributed by atoms with Crippen LogP contribution in [0.2, 0.25) is 0 Å². The Hall–Kier alpha value is -1.35. The number of piperidine rings is 1. The van der Waals surface area contributed by atoms with E-state index in [2.05, 4.69) is 22.8 Å². The van der Waals surface area contributed by atoms with E-state index in [1.807, 2.05) is 18.2 Å². The van der Waals surface area contributed by atoms with E-state index in [9.17, 15) is 4.79 Å². The summed E-state index contributed by atoms with van der Waals surface area (Å²) in [6.45, 7) is 2.91. The van der Waals surface area contributed by atoms with Gasteiger partial charge in [-0.1, -0.05) is 30.3 Å². The number of carbonyl (C=O) groups excluding carboxylic acids is 1. The molecule has 3 rings (SSSR count). The van der Waals surface area contributed by atoms with Gasteiger partial charge in [0.05, 0.1) is 0 Å². The lowest BCUT2D eigenvalue weighted by atomic mass is 9.92. The van der Waals surface area contributed by atoms with E-state index in [-0.39, 0.29) is 11.8 Å². The van der Waals surface area contributed by atoms with Crippen molar-refractivity contribution in [1.29, 1.82) is 0 Å². The summed E-state index contributed by atoms with van der Waals surface area (Å²) >= 11 is 0. The third kappa shape index (κ3) is 2.81. The molecule has 1 aliphatic heterocycles. The summed E-state index contributed by atoms with van der Waals surface area (Å²) in [4.78, 5) is 12.1. The van der Waals surface area contributed by atoms with Crippen molar-refractivity contribution < 1.29 is 4.79 Å². The number of carbonyl (C=O) groups is 1. The molecule has 3 nitrogen and oxygen atoms in total. The molecule has 1 atom stereocenters. The lowest BCUT2D eigenvalue weighted by molar-refractivity contribution is -0.123. The Labute approximate surface area is 114 Å². The summed E-state index contributed by atoms with van der Waals surface area (Å²) < 4.78 is 0. The third-order valence-electron chi connectivity index (χ3n) is 4.66. The Morgan fingerprint density at radius 2 is 2.00 bits per heavy atom. The number of hydrogen-bond acceptors (Lipinski definition) is 2. The Balaban J connectivity index is 1.43. The van der Waals surface area contributed by atoms with Crippen molar-refractivity contribution in [3.8, 4) is 0 Å². The lowest BCUT2D eigenvalue weighted by Gasteiger charge is -2.23. The molecule has 1 heterocycles. The SMILES string of the molecule is O=C(NCCc1ccccc1)C1CC12CCNCC2. The van der Waals surface area contributed by atoms with E-state index in [1.165, 1.54) is 18.4 Å². The fourth-order valence-electron chi connectivity index (χ4n) is 3.29. The first kappa shape index (κ1) is 12.7. The summed E-state index contributed by atoms with van der Waals surface area (Å²) in [6, 6.07) is 10.3. The largest absolute Gasteiger partial charge is 0.356 e. The van der Waals surface area contributed by atoms with E-state index >= 15 is 0 Å². The number of hydrogen-bond donors (Lipinski definition) is 2. The molecular formula is C16H22N2O. The quantitative estimate of drug-likeness (QED) is 0.863. The molecule has 19 heavy (non-hydrogen) atoms. The van der Waals surface area contributed by atoms with Crippen LogP contribution in [0.25, 0.3) is 0 Å². The van der Waals surface area contributed by atoms with Gasteiger partial charge in [-0.05, 0) is 49.8 Å². The number of amides is 1. The molecule has 1 unspecified atom stereocenters. The minimum atomic E-state index is 0.276. The van der Waals surface area contributed by atoms with Gasteiger partial charge < -0.3 is 10.6 Å². The van der Waals surface area contributed by atoms with Gasteiger partial charge in [0, 0.05) is 12.5 Å². The molecule has 1 spiro atoms. The lowest BCUT2D eigenvalue weighted by Crippen LogP contribution is -2.34. The summed E-state index contributed by atoms with van der Waals surface area (Å²) in [5.74, 6) is 0.559. The molecule has 2 N–H and O–H groups in total. The minimum absolute atomic E-state index is 0.276. The predicted octanol–water partition coefficient (Wildman–Crippen LogP) is 1.73. The van der Waals surface area contributed by atoms with Crippen molar-refractivity contribution in [1.82, 2.24) is 10.6 Å². The number of rotatable bonds is 4. The molecule has 0 aromatic heterocycles. The highest BCUT2D eigenvalue weighted by molar-refractivity contribution is 5.82. The molecule has 1 saturated carbocycles. The van der Waals surface area contributed by atoms with Crippen LogP contribution in [-0.2, 0) is 11.2 Å². The van der Waals surface area contributed by atoms with Crippen LogP contribution >= 0.6 is 0 Å². The molecule has 1 aromatic carbocycles. The van der Waals surface area contributed by atoms with Gasteiger partial charge >= 0.3 is 0 Å². The van der Waals surface area contributed by atoms with E-state index in [0.717, 1.165) is 32.5 Å². The molecule has 0 bridgehead atoms. The van der Waals surface area contributed by atoms with Crippen LogP contribution in [0.4, 0.5) is 0 Å². The maximum atomic E-state index is 12.1. The molecule has 3 heteroatoms. The first-order chi connectivity index (χ1) is 9.30. The van der Waals surface area contributed by atoms with Crippen LogP contribution in [0.3, 0.4) is 0 Å². The second-order valence-corrected chi connectivity index (χ2v) is 5.90. The molecule has 1 saturated heterocycles. The molecule has 102 valence electrons. The van der Waals surface area contributed by atoms with Crippen molar-refractivity contribution in [2.75, 3.05) is 19.6 Å². The van der Waals surface area contributed by atoms with Crippen LogP contribution in [0, 0.1) is 11.3 Å². The molecule has 1 aromatic rings. The standard InChI is InChI=1S/C16H22N2O/c19-15(14-12-16(14)7-10-17-11-8-16)18-9-6-13-4-2-1-3-5-13/h1-5,14,17H,6-12H2,(H,18,19). The Kier molecular flexibility index (Phi) is 3.56. The van der Waals surface area contributed by atoms with Crippen LogP contribution in [0.5, 0.6) is 0 Å². The van der Waals surface area contributed by atoms with E-state index in [4.69, 9.17) is 0 Å². The highest BCUT2D eigenvalue weighted by Gasteiger charge is 2.57. The Morgan fingerprint density at radius 3 is 2.74 bits per heavy atom. The van der Waals surface area contributed by atoms with Gasteiger partial charge in [-0.25, -0.2) is 0 Å². The highest BCUT2D eigenvalue weighted by atomic mass is 16.2. The van der Waals surface area contributed by atoms with Gasteiger partial charge in [-0.3, -0.25) is 4.79 Å². The average Bonchev–Trinajstić information content (AvgIpc) is 3.14. The fourth-order valence-corrected chi connectivity index (χ4v) is 3.29. The summed E-state index contributed by atoms with van der Waals surface area (Å²) in [7, 11) is 0. The second kappa shape index (κ2) is 5.33. The highest BCUT2D eigenvalue weighted by Crippen LogP contribution is 2.58. The maximum Gasteiger partial charge on any atom is 0.223 e. The zero-order chi connectivity index (χ0) is 13.1. The molecule has 2 aliphatic rings. The number of nitrogens with one attached hydrogen (secondary N) is 2. The van der Waals surface area contributed by atoms with Crippen LogP contribution in [0.1, 0.15) is 24.8 Å². The predicted molar refractivity (Wildman–Crippen MR) is 75.8 cm³/mol. The monoisotopic (exact) mass is 258 g/mol. The van der Waals surface area contributed by atoms with Gasteiger partial charge in [0.1, 0.15) is 0 Å². The zero-order valence-corrected chi connectivity index (χ0v) is 11.3. The van der Waals surface area contributed by atoms with Crippen molar-refractivity contribution in [2.24, 2.45) is 11.3 Å². The second-order valence-electron chi connectivity index (χ2n) is 5.90. The zero-order valence-electron chi connectivity index (χ0n) is 11.3. The average molecular weight is 258 g/mol. The first-order valence-electron chi connectivity index (χ1n) is 7.33. The fraction of sp³-hybridized carbons (Fsp3) is 0.562. The van der Waals surface area contributed by atoms with Crippen molar-refractivity contribution in [3.05, 3.63) is 35.9 Å². The van der Waals surface area contributed by atoms with E-state index in [1.54, 1.807) is 0 Å². The normalized spacial score (nSPS) is 24.1. The summed E-state index contributed by atoms with van der Waals surface area (Å²) in [5, 5.41) is 6.48. The van der Waals surface area contributed by atoms with Crippen molar-refractivity contribution in [3.63, 3.8) is 0 Å². The van der Waals surface area contributed by atoms with Gasteiger partial charge in [0.2, 0.25) is 5.91 Å². The van der Waals surface area contributed by atoms with Gasteiger partial charge in [0.25, 0.3) is 0 Å². The van der Waals surface area contributed by atoms with Crippen LogP contribution in [-0.4, -0.2) is 25.5 Å².